The smallest absolute Gasteiger partial charge is 0.358 e. The van der Waals surface area contributed by atoms with Crippen LogP contribution in [0.25, 0.3) is 0 Å². The standard InChI is InChI=1S/C9H10FNO4S/c1-2-11-9(12)7-5-3-4-6-8(7)15-16(10,13)14/h3-6H,2H2,1H3,(H,11,12). The van der Waals surface area contributed by atoms with Crippen molar-refractivity contribution in [3.05, 3.63) is 29.8 Å². The highest BCUT2D eigenvalue weighted by Crippen LogP contribution is 2.20. The molecule has 0 radical (unpaired) electrons. The van der Waals surface area contributed by atoms with Crippen molar-refractivity contribution in [1.29, 1.82) is 0 Å². The van der Waals surface area contributed by atoms with Crippen LogP contribution in [0.2, 0.25) is 0 Å². The van der Waals surface area contributed by atoms with E-state index in [9.17, 15) is 17.1 Å². The summed E-state index contributed by atoms with van der Waals surface area (Å²) in [4.78, 5) is 11.4. The number of hydrogen-bond acceptors (Lipinski definition) is 4. The number of carbonyl (C=O) groups excluding carboxylic acids is 1. The van der Waals surface area contributed by atoms with Crippen molar-refractivity contribution in [2.45, 2.75) is 6.92 Å². The maximum atomic E-state index is 12.3. The summed E-state index contributed by atoms with van der Waals surface area (Å²) < 4.78 is 37.0. The molecule has 5 nitrogen and oxygen atoms in total. The zero-order chi connectivity index (χ0) is 12.2. The van der Waals surface area contributed by atoms with Gasteiger partial charge in [0.15, 0.2) is 5.75 Å². The van der Waals surface area contributed by atoms with Gasteiger partial charge in [0.05, 0.1) is 5.56 Å². The monoisotopic (exact) mass is 247 g/mol. The Morgan fingerprint density at radius 1 is 1.44 bits per heavy atom. The van der Waals surface area contributed by atoms with Gasteiger partial charge in [0, 0.05) is 6.54 Å². The lowest BCUT2D eigenvalue weighted by Crippen LogP contribution is -2.23. The van der Waals surface area contributed by atoms with Gasteiger partial charge in [-0.05, 0) is 19.1 Å². The summed E-state index contributed by atoms with van der Waals surface area (Å²) in [7, 11) is -5.13. The van der Waals surface area contributed by atoms with Gasteiger partial charge in [-0.2, -0.15) is 8.42 Å². The number of amides is 1. The van der Waals surface area contributed by atoms with E-state index in [0.717, 1.165) is 0 Å². The molecule has 1 N–H and O–H groups in total. The fourth-order valence-corrected chi connectivity index (χ4v) is 1.45. The van der Waals surface area contributed by atoms with Gasteiger partial charge in [-0.25, -0.2) is 0 Å². The Balaban J connectivity index is 3.05. The van der Waals surface area contributed by atoms with Crippen molar-refractivity contribution in [2.24, 2.45) is 0 Å². The number of carbonyl (C=O) groups is 1. The Kier molecular flexibility index (Phi) is 3.83. The molecule has 0 saturated heterocycles. The summed E-state index contributed by atoms with van der Waals surface area (Å²) >= 11 is 0. The van der Waals surface area contributed by atoms with Crippen molar-refractivity contribution in [1.82, 2.24) is 5.32 Å². The summed E-state index contributed by atoms with van der Waals surface area (Å²) in [6.07, 6.45) is 0. The third kappa shape index (κ3) is 3.50. The van der Waals surface area contributed by atoms with E-state index in [1.165, 1.54) is 24.3 Å². The maximum Gasteiger partial charge on any atom is 0.488 e. The normalized spacial score (nSPS) is 10.9. The second kappa shape index (κ2) is 4.93. The number of nitrogens with one attached hydrogen (secondary N) is 1. The molecule has 0 bridgehead atoms. The topological polar surface area (TPSA) is 72.5 Å². The number of rotatable bonds is 4. The lowest BCUT2D eigenvalue weighted by Gasteiger charge is -2.07. The van der Waals surface area contributed by atoms with E-state index in [2.05, 4.69) is 9.50 Å². The van der Waals surface area contributed by atoms with Crippen LogP contribution in [0.5, 0.6) is 5.75 Å². The van der Waals surface area contributed by atoms with E-state index in [1.54, 1.807) is 6.92 Å². The zero-order valence-corrected chi connectivity index (χ0v) is 9.25. The third-order valence-corrected chi connectivity index (χ3v) is 2.04. The van der Waals surface area contributed by atoms with Crippen molar-refractivity contribution in [3.8, 4) is 5.75 Å². The highest BCUT2D eigenvalue weighted by molar-refractivity contribution is 7.81. The molecule has 7 heteroatoms. The SMILES string of the molecule is CCNC(=O)c1ccccc1OS(=O)(=O)F. The fraction of sp³-hybridized carbons (Fsp3) is 0.222. The summed E-state index contributed by atoms with van der Waals surface area (Å²) in [5, 5.41) is 2.45. The van der Waals surface area contributed by atoms with Crippen LogP contribution in [0.15, 0.2) is 24.3 Å². The van der Waals surface area contributed by atoms with Gasteiger partial charge in [-0.15, -0.1) is 0 Å². The Hall–Kier alpha value is -1.63. The van der Waals surface area contributed by atoms with Gasteiger partial charge in [-0.3, -0.25) is 4.79 Å². The average Bonchev–Trinajstić information content (AvgIpc) is 2.16. The third-order valence-electron chi connectivity index (χ3n) is 1.66. The first-order valence-electron chi connectivity index (χ1n) is 4.45. The number of benzene rings is 1. The molecule has 0 fully saturated rings. The molecule has 0 aliphatic carbocycles. The van der Waals surface area contributed by atoms with Crippen molar-refractivity contribution < 1.29 is 21.3 Å². The summed E-state index contributed by atoms with van der Waals surface area (Å²) in [5.41, 5.74) is -0.0365. The summed E-state index contributed by atoms with van der Waals surface area (Å²) in [6, 6.07) is 5.48. The van der Waals surface area contributed by atoms with Crippen LogP contribution in [0.3, 0.4) is 0 Å². The van der Waals surface area contributed by atoms with E-state index in [4.69, 9.17) is 0 Å². The van der Waals surface area contributed by atoms with Gasteiger partial charge in [0.2, 0.25) is 0 Å². The largest absolute Gasteiger partial charge is 0.488 e. The molecule has 0 aromatic heterocycles. The molecule has 1 aromatic carbocycles. The Bertz CT molecular complexity index is 486. The predicted octanol–water partition coefficient (Wildman–Crippen LogP) is 1.03. The van der Waals surface area contributed by atoms with Gasteiger partial charge in [0.1, 0.15) is 0 Å². The van der Waals surface area contributed by atoms with E-state index in [0.29, 0.717) is 6.54 Å². The Labute approximate surface area is 92.6 Å². The molecule has 0 atom stereocenters. The van der Waals surface area contributed by atoms with Gasteiger partial charge in [-0.1, -0.05) is 16.0 Å². The molecular formula is C9H10FNO4S. The molecule has 0 heterocycles. The zero-order valence-electron chi connectivity index (χ0n) is 8.44. The quantitative estimate of drug-likeness (QED) is 0.806. The van der Waals surface area contributed by atoms with E-state index in [-0.39, 0.29) is 11.3 Å². The average molecular weight is 247 g/mol. The lowest BCUT2D eigenvalue weighted by molar-refractivity contribution is 0.0954. The van der Waals surface area contributed by atoms with Gasteiger partial charge >= 0.3 is 10.5 Å². The first-order valence-corrected chi connectivity index (χ1v) is 5.76. The van der Waals surface area contributed by atoms with Crippen LogP contribution >= 0.6 is 0 Å². The number of halogens is 1. The fourth-order valence-electron chi connectivity index (χ4n) is 1.09. The predicted molar refractivity (Wildman–Crippen MR) is 55.1 cm³/mol. The molecule has 88 valence electrons. The molecule has 0 aliphatic rings. The Morgan fingerprint density at radius 2 is 2.06 bits per heavy atom. The van der Waals surface area contributed by atoms with Crippen LogP contribution in [-0.4, -0.2) is 20.9 Å². The molecule has 1 amide bonds. The first-order chi connectivity index (χ1) is 7.44. The second-order valence-electron chi connectivity index (χ2n) is 2.83. The number of hydrogen-bond donors (Lipinski definition) is 1. The first kappa shape index (κ1) is 12.4. The summed E-state index contributed by atoms with van der Waals surface area (Å²) in [5.74, 6) is -0.863. The molecule has 0 aliphatic heterocycles. The van der Waals surface area contributed by atoms with E-state index in [1.807, 2.05) is 0 Å². The molecule has 0 unspecified atom stereocenters. The molecular weight excluding hydrogens is 237 g/mol. The molecule has 0 spiro atoms. The molecule has 1 rings (SSSR count). The van der Waals surface area contributed by atoms with Crippen molar-refractivity contribution in [2.75, 3.05) is 6.54 Å². The van der Waals surface area contributed by atoms with E-state index < -0.39 is 16.4 Å². The maximum absolute atomic E-state index is 12.3. The van der Waals surface area contributed by atoms with Crippen LogP contribution in [0.1, 0.15) is 17.3 Å². The second-order valence-corrected chi connectivity index (χ2v) is 3.78. The van der Waals surface area contributed by atoms with E-state index >= 15 is 0 Å². The van der Waals surface area contributed by atoms with Gasteiger partial charge < -0.3 is 9.50 Å². The molecule has 0 saturated carbocycles. The molecule has 1 aromatic rings. The minimum absolute atomic E-state index is 0.0365. The summed E-state index contributed by atoms with van der Waals surface area (Å²) in [6.45, 7) is 2.07. The lowest BCUT2D eigenvalue weighted by atomic mass is 10.2. The van der Waals surface area contributed by atoms with Crippen molar-refractivity contribution >= 4 is 16.4 Å². The van der Waals surface area contributed by atoms with Crippen LogP contribution in [-0.2, 0) is 10.5 Å². The van der Waals surface area contributed by atoms with Crippen LogP contribution in [0, 0.1) is 0 Å². The minimum Gasteiger partial charge on any atom is -0.358 e. The van der Waals surface area contributed by atoms with Crippen LogP contribution < -0.4 is 9.50 Å². The highest BCUT2D eigenvalue weighted by atomic mass is 32.3. The van der Waals surface area contributed by atoms with Crippen LogP contribution in [0.4, 0.5) is 3.89 Å². The van der Waals surface area contributed by atoms with Gasteiger partial charge in [0.25, 0.3) is 5.91 Å². The number of para-hydroxylation sites is 1. The highest BCUT2D eigenvalue weighted by Gasteiger charge is 2.16. The molecule has 16 heavy (non-hydrogen) atoms. The Morgan fingerprint density at radius 3 is 2.62 bits per heavy atom. The minimum atomic E-state index is -5.13. The van der Waals surface area contributed by atoms with Crippen molar-refractivity contribution in [3.63, 3.8) is 0 Å².